The summed E-state index contributed by atoms with van der Waals surface area (Å²) in [6.07, 6.45) is 5.04. The fourth-order valence-corrected chi connectivity index (χ4v) is 2.77. The van der Waals surface area contributed by atoms with Gasteiger partial charge in [-0.15, -0.1) is 10.2 Å². The lowest BCUT2D eigenvalue weighted by molar-refractivity contribution is -0.145. The van der Waals surface area contributed by atoms with Crippen molar-refractivity contribution in [1.29, 1.82) is 0 Å². The van der Waals surface area contributed by atoms with Crippen molar-refractivity contribution in [2.75, 3.05) is 5.32 Å². The van der Waals surface area contributed by atoms with E-state index in [2.05, 4.69) is 22.4 Å². The minimum absolute atomic E-state index is 0.0200. The second-order valence-corrected chi connectivity index (χ2v) is 5.82. The number of nitrogens with one attached hydrogen (secondary N) is 1. The smallest absolute Gasteiger partial charge is 0.309 e. The summed E-state index contributed by atoms with van der Waals surface area (Å²) in [6, 6.07) is 0. The number of carbonyl (C=O) groups excluding carboxylic acids is 2. The van der Waals surface area contributed by atoms with E-state index in [1.807, 2.05) is 0 Å². The van der Waals surface area contributed by atoms with E-state index < -0.39 is 0 Å². The van der Waals surface area contributed by atoms with Crippen LogP contribution in [0.2, 0.25) is 0 Å². The Morgan fingerprint density at radius 3 is 3.10 bits per heavy atom. The van der Waals surface area contributed by atoms with Crippen LogP contribution in [0.25, 0.3) is 0 Å². The molecule has 1 N–H and O–H groups in total. The van der Waals surface area contributed by atoms with Crippen LogP contribution < -0.4 is 5.32 Å². The zero-order valence-corrected chi connectivity index (χ0v) is 12.3. The van der Waals surface area contributed by atoms with Crippen LogP contribution in [0.4, 0.5) is 5.13 Å². The molecule has 20 heavy (non-hydrogen) atoms. The second-order valence-electron chi connectivity index (χ2n) is 4.98. The van der Waals surface area contributed by atoms with Crippen LogP contribution in [0.5, 0.6) is 0 Å². The third-order valence-electron chi connectivity index (χ3n) is 3.33. The van der Waals surface area contributed by atoms with Gasteiger partial charge in [-0.3, -0.25) is 9.59 Å². The maximum atomic E-state index is 11.8. The Bertz CT molecular complexity index is 450. The number of carbonyl (C=O) groups is 2. The highest BCUT2D eigenvalue weighted by Gasteiger charge is 2.35. The van der Waals surface area contributed by atoms with E-state index in [0.29, 0.717) is 11.6 Å². The zero-order chi connectivity index (χ0) is 14.4. The molecule has 0 radical (unpaired) electrons. The summed E-state index contributed by atoms with van der Waals surface area (Å²) < 4.78 is 5.31. The van der Waals surface area contributed by atoms with E-state index in [-0.39, 0.29) is 30.3 Å². The molecule has 1 fully saturated rings. The molecule has 0 bridgehead atoms. The van der Waals surface area contributed by atoms with Crippen LogP contribution in [0, 0.1) is 5.92 Å². The van der Waals surface area contributed by atoms with Gasteiger partial charge in [-0.2, -0.15) is 0 Å². The molecule has 110 valence electrons. The monoisotopic (exact) mass is 297 g/mol. The Hall–Kier alpha value is -1.50. The van der Waals surface area contributed by atoms with Crippen LogP contribution in [0.15, 0.2) is 5.51 Å². The lowest BCUT2D eigenvalue weighted by atomic mass is 9.98. The van der Waals surface area contributed by atoms with Crippen molar-refractivity contribution in [2.45, 2.75) is 51.6 Å². The molecule has 1 aliphatic rings. The van der Waals surface area contributed by atoms with Gasteiger partial charge < -0.3 is 10.1 Å². The molecule has 0 aromatic carbocycles. The molecule has 1 amide bonds. The molecule has 1 aromatic heterocycles. The van der Waals surface area contributed by atoms with Crippen LogP contribution in [0.3, 0.4) is 0 Å². The van der Waals surface area contributed by atoms with E-state index in [9.17, 15) is 9.59 Å². The van der Waals surface area contributed by atoms with Crippen molar-refractivity contribution in [3.8, 4) is 0 Å². The molecule has 1 saturated heterocycles. The maximum absolute atomic E-state index is 11.8. The van der Waals surface area contributed by atoms with Gasteiger partial charge in [0.05, 0.1) is 5.92 Å². The fraction of sp³-hybridized carbons (Fsp3) is 0.692. The van der Waals surface area contributed by atoms with Crippen molar-refractivity contribution in [3.05, 3.63) is 5.51 Å². The first kappa shape index (κ1) is 14.9. The topological polar surface area (TPSA) is 81.2 Å². The average Bonchev–Trinajstić information content (AvgIpc) is 3.01. The normalized spacial score (nSPS) is 21.8. The van der Waals surface area contributed by atoms with Gasteiger partial charge in [0.1, 0.15) is 11.6 Å². The highest BCUT2D eigenvalue weighted by atomic mass is 32.1. The average molecular weight is 297 g/mol. The van der Waals surface area contributed by atoms with Crippen molar-refractivity contribution >= 4 is 28.3 Å². The summed E-state index contributed by atoms with van der Waals surface area (Å²) in [5, 5.41) is 10.5. The van der Waals surface area contributed by atoms with Gasteiger partial charge in [-0.05, 0) is 19.3 Å². The van der Waals surface area contributed by atoms with Crippen LogP contribution in [-0.4, -0.2) is 28.2 Å². The van der Waals surface area contributed by atoms with E-state index in [1.54, 1.807) is 5.51 Å². The highest BCUT2D eigenvalue weighted by molar-refractivity contribution is 7.13. The number of esters is 1. The van der Waals surface area contributed by atoms with Crippen LogP contribution in [-0.2, 0) is 14.3 Å². The minimum Gasteiger partial charge on any atom is -0.462 e. The number of anilines is 1. The van der Waals surface area contributed by atoms with Crippen LogP contribution >= 0.6 is 11.3 Å². The third kappa shape index (κ3) is 4.26. The standard InChI is InChI=1S/C13H19N3O3S/c1-2-3-4-5-10-6-9(12(18)19-10)7-11(17)15-13-16-14-8-20-13/h8-10H,2-7H2,1H3,(H,15,16,17)/t9-,10-/m1/s1. The van der Waals surface area contributed by atoms with Gasteiger partial charge in [0.25, 0.3) is 0 Å². The molecule has 2 rings (SSSR count). The zero-order valence-electron chi connectivity index (χ0n) is 11.5. The number of hydrogen-bond acceptors (Lipinski definition) is 6. The molecule has 0 aliphatic carbocycles. The van der Waals surface area contributed by atoms with Crippen molar-refractivity contribution in [2.24, 2.45) is 5.92 Å². The first-order valence-corrected chi connectivity index (χ1v) is 7.83. The van der Waals surface area contributed by atoms with Gasteiger partial charge >= 0.3 is 5.97 Å². The predicted octanol–water partition coefficient (Wildman–Crippen LogP) is 2.38. The second kappa shape index (κ2) is 7.33. The van der Waals surface area contributed by atoms with Gasteiger partial charge in [-0.1, -0.05) is 31.1 Å². The van der Waals surface area contributed by atoms with E-state index >= 15 is 0 Å². The Morgan fingerprint density at radius 2 is 2.40 bits per heavy atom. The Morgan fingerprint density at radius 1 is 1.55 bits per heavy atom. The highest BCUT2D eigenvalue weighted by Crippen LogP contribution is 2.27. The van der Waals surface area contributed by atoms with Gasteiger partial charge in [0, 0.05) is 6.42 Å². The number of hydrogen-bond donors (Lipinski definition) is 1. The quantitative estimate of drug-likeness (QED) is 0.617. The molecule has 0 spiro atoms. The van der Waals surface area contributed by atoms with Crippen molar-refractivity contribution in [1.82, 2.24) is 10.2 Å². The van der Waals surface area contributed by atoms with Gasteiger partial charge in [0.15, 0.2) is 0 Å². The first-order chi connectivity index (χ1) is 9.69. The summed E-state index contributed by atoms with van der Waals surface area (Å²) in [5.74, 6) is -0.786. The SMILES string of the molecule is CCCCC[C@@H]1C[C@H](CC(=O)Nc2nncs2)C(=O)O1. The molecule has 1 aromatic rings. The maximum Gasteiger partial charge on any atom is 0.309 e. The molecule has 2 atom stereocenters. The number of rotatable bonds is 7. The number of ether oxygens (including phenoxy) is 1. The molecule has 6 nitrogen and oxygen atoms in total. The number of cyclic esters (lactones) is 1. The lowest BCUT2D eigenvalue weighted by Gasteiger charge is -2.07. The molecule has 0 saturated carbocycles. The Kier molecular flexibility index (Phi) is 5.46. The molecule has 7 heteroatoms. The fourth-order valence-electron chi connectivity index (χ4n) is 2.31. The van der Waals surface area contributed by atoms with E-state index in [0.717, 1.165) is 25.7 Å². The summed E-state index contributed by atoms with van der Waals surface area (Å²) in [6.45, 7) is 2.14. The Balaban J connectivity index is 1.75. The molecule has 2 heterocycles. The predicted molar refractivity (Wildman–Crippen MR) is 75.3 cm³/mol. The first-order valence-electron chi connectivity index (χ1n) is 6.95. The molecule has 0 unspecified atom stereocenters. The summed E-state index contributed by atoms with van der Waals surface area (Å²) in [5.41, 5.74) is 1.54. The molecule has 1 aliphatic heterocycles. The number of amides is 1. The summed E-state index contributed by atoms with van der Waals surface area (Å²) >= 11 is 1.25. The summed E-state index contributed by atoms with van der Waals surface area (Å²) in [7, 11) is 0. The largest absolute Gasteiger partial charge is 0.462 e. The number of unbranched alkanes of at least 4 members (excludes halogenated alkanes) is 2. The Labute approximate surface area is 121 Å². The molecular weight excluding hydrogens is 278 g/mol. The lowest BCUT2D eigenvalue weighted by Crippen LogP contribution is -2.19. The van der Waals surface area contributed by atoms with Crippen molar-refractivity contribution in [3.63, 3.8) is 0 Å². The summed E-state index contributed by atoms with van der Waals surface area (Å²) in [4.78, 5) is 23.5. The minimum atomic E-state index is -0.324. The van der Waals surface area contributed by atoms with Gasteiger partial charge in [0.2, 0.25) is 11.0 Å². The van der Waals surface area contributed by atoms with E-state index in [4.69, 9.17) is 4.74 Å². The van der Waals surface area contributed by atoms with E-state index in [1.165, 1.54) is 11.3 Å². The third-order valence-corrected chi connectivity index (χ3v) is 3.94. The van der Waals surface area contributed by atoms with Crippen molar-refractivity contribution < 1.29 is 14.3 Å². The van der Waals surface area contributed by atoms with Crippen LogP contribution in [0.1, 0.15) is 45.4 Å². The van der Waals surface area contributed by atoms with Gasteiger partial charge in [-0.25, -0.2) is 0 Å². The number of nitrogens with zero attached hydrogens (tertiary/aromatic N) is 2. The molecular formula is C13H19N3O3S. The number of aromatic nitrogens is 2.